The first-order valence-electron chi connectivity index (χ1n) is 10.8. The number of hydrogen-bond acceptors (Lipinski definition) is 7. The number of rotatable bonds is 8. The minimum Gasteiger partial charge on any atom is -0.373 e. The minimum absolute atomic E-state index is 0.0644. The van der Waals surface area contributed by atoms with Gasteiger partial charge in [-0.3, -0.25) is 14.9 Å². The number of benzene rings is 2. The summed E-state index contributed by atoms with van der Waals surface area (Å²) >= 11 is 0. The number of aromatic nitrogens is 2. The van der Waals surface area contributed by atoms with Gasteiger partial charge in [0.2, 0.25) is 0 Å². The zero-order valence-electron chi connectivity index (χ0n) is 20.1. The lowest BCUT2D eigenvalue weighted by Crippen LogP contribution is -2.28. The van der Waals surface area contributed by atoms with Crippen molar-refractivity contribution in [3.63, 3.8) is 0 Å². The lowest BCUT2D eigenvalue weighted by atomic mass is 10.0. The maximum atomic E-state index is 13.3. The Kier molecular flexibility index (Phi) is 7.34. The van der Waals surface area contributed by atoms with Crippen LogP contribution in [0.25, 0.3) is 10.8 Å². The van der Waals surface area contributed by atoms with Crippen LogP contribution in [0.15, 0.2) is 41.2 Å². The lowest BCUT2D eigenvalue weighted by Gasteiger charge is -2.23. The highest BCUT2D eigenvalue weighted by molar-refractivity contribution is 5.93. The molecule has 0 aliphatic carbocycles. The number of nitrogens with one attached hydrogen (secondary N) is 1. The Morgan fingerprint density at radius 3 is 2.40 bits per heavy atom. The van der Waals surface area contributed by atoms with E-state index in [1.54, 1.807) is 19.1 Å². The van der Waals surface area contributed by atoms with Crippen molar-refractivity contribution in [3.05, 3.63) is 68.0 Å². The molecule has 2 aromatic carbocycles. The number of hydrogen-bond donors (Lipinski definition) is 1. The fourth-order valence-corrected chi connectivity index (χ4v) is 3.60. The Balaban J connectivity index is 2.05. The van der Waals surface area contributed by atoms with Crippen molar-refractivity contribution in [2.24, 2.45) is 7.05 Å². The third-order valence-corrected chi connectivity index (χ3v) is 5.69. The second-order valence-corrected chi connectivity index (χ2v) is 8.67. The van der Waals surface area contributed by atoms with Gasteiger partial charge in [-0.15, -0.1) is 0 Å². The van der Waals surface area contributed by atoms with Crippen LogP contribution >= 0.6 is 0 Å². The molecule has 0 unspecified atom stereocenters. The summed E-state index contributed by atoms with van der Waals surface area (Å²) in [5, 5.41) is 19.4. The number of nitro groups is 1. The van der Waals surface area contributed by atoms with Crippen molar-refractivity contribution >= 4 is 28.0 Å². The maximum Gasteiger partial charge on any atom is 0.416 e. The molecule has 0 saturated carbocycles. The number of anilines is 2. The monoisotopic (exact) mass is 492 g/mol. The van der Waals surface area contributed by atoms with Gasteiger partial charge in [0.05, 0.1) is 21.9 Å². The molecule has 0 aliphatic rings. The average molecular weight is 493 g/mol. The summed E-state index contributed by atoms with van der Waals surface area (Å²) in [5.41, 5.74) is -1.20. The molecule has 1 aromatic heterocycles. The number of non-ortho nitro benzene ring substituents is 1. The van der Waals surface area contributed by atoms with E-state index in [0.29, 0.717) is 16.8 Å². The van der Waals surface area contributed by atoms with Crippen LogP contribution in [0.4, 0.5) is 30.4 Å². The molecule has 188 valence electrons. The third-order valence-electron chi connectivity index (χ3n) is 5.69. The number of nitrogens with zero attached hydrogens (tertiary/aromatic N) is 5. The summed E-state index contributed by atoms with van der Waals surface area (Å²) in [6, 6.07) is 7.00. The summed E-state index contributed by atoms with van der Waals surface area (Å²) in [4.78, 5) is 27.1. The normalized spacial score (nSPS) is 12.7. The zero-order valence-corrected chi connectivity index (χ0v) is 20.1. The first-order valence-corrected chi connectivity index (χ1v) is 10.8. The number of fused-ring (bicyclic) bond motifs is 1. The molecule has 1 N–H and O–H groups in total. The smallest absolute Gasteiger partial charge is 0.373 e. The van der Waals surface area contributed by atoms with E-state index < -0.39 is 28.4 Å². The van der Waals surface area contributed by atoms with Gasteiger partial charge in [0, 0.05) is 50.4 Å². The quantitative estimate of drug-likeness (QED) is 0.375. The second-order valence-electron chi connectivity index (χ2n) is 8.67. The SMILES string of the molecule is C[C@@H](Nc1nn(C)c(=O)c2ccc(N(C)CCN(C)C)cc12)c1cc([N+](=O)[O-])cc(C(F)(F)F)c1. The molecular formula is C23H27F3N6O3. The van der Waals surface area contributed by atoms with E-state index in [1.165, 1.54) is 7.05 Å². The topological polar surface area (TPSA) is 96.5 Å². The number of halogens is 3. The molecular weight excluding hydrogens is 465 g/mol. The molecule has 0 bridgehead atoms. The average Bonchev–Trinajstić information content (AvgIpc) is 2.79. The Morgan fingerprint density at radius 1 is 1.11 bits per heavy atom. The van der Waals surface area contributed by atoms with Gasteiger partial charge >= 0.3 is 6.18 Å². The van der Waals surface area contributed by atoms with Crippen LogP contribution in [0.5, 0.6) is 0 Å². The molecule has 0 radical (unpaired) electrons. The molecule has 12 heteroatoms. The number of aryl methyl sites for hydroxylation is 1. The fraction of sp³-hybridized carbons (Fsp3) is 0.391. The summed E-state index contributed by atoms with van der Waals surface area (Å²) in [6.07, 6.45) is -4.74. The van der Waals surface area contributed by atoms with E-state index in [9.17, 15) is 28.1 Å². The molecule has 0 spiro atoms. The molecule has 9 nitrogen and oxygen atoms in total. The first kappa shape index (κ1) is 25.9. The predicted octanol–water partition coefficient (Wildman–Crippen LogP) is 4.03. The van der Waals surface area contributed by atoms with Crippen LogP contribution in [0.1, 0.15) is 24.1 Å². The first-order chi connectivity index (χ1) is 16.3. The van der Waals surface area contributed by atoms with Crippen LogP contribution < -0.4 is 15.8 Å². The lowest BCUT2D eigenvalue weighted by molar-refractivity contribution is -0.385. The second kappa shape index (κ2) is 9.90. The van der Waals surface area contributed by atoms with Gasteiger partial charge < -0.3 is 15.1 Å². The number of likely N-dealkylation sites (N-methyl/N-ethyl adjacent to an activating group) is 2. The molecule has 0 amide bonds. The third kappa shape index (κ3) is 5.88. The van der Waals surface area contributed by atoms with Gasteiger partial charge in [0.15, 0.2) is 5.82 Å². The van der Waals surface area contributed by atoms with Crippen LogP contribution in [-0.4, -0.2) is 53.8 Å². The largest absolute Gasteiger partial charge is 0.416 e. The highest BCUT2D eigenvalue weighted by Gasteiger charge is 2.33. The predicted molar refractivity (Wildman–Crippen MR) is 129 cm³/mol. The molecule has 3 aromatic rings. The van der Waals surface area contributed by atoms with E-state index in [0.717, 1.165) is 35.6 Å². The Bertz CT molecular complexity index is 1310. The summed E-state index contributed by atoms with van der Waals surface area (Å²) in [6.45, 7) is 3.11. The van der Waals surface area contributed by atoms with Crippen LogP contribution in [0.3, 0.4) is 0 Å². The van der Waals surface area contributed by atoms with Crippen LogP contribution in [0, 0.1) is 10.1 Å². The highest BCUT2D eigenvalue weighted by atomic mass is 19.4. The van der Waals surface area contributed by atoms with Crippen molar-refractivity contribution in [3.8, 4) is 0 Å². The standard InChI is InChI=1S/C23H27F3N6O3/c1-14(15-10-16(23(24,25)26)12-18(11-15)32(34)35)27-21-20-13-17(30(4)9-8-29(2)3)6-7-19(20)22(33)31(5)28-21/h6-7,10-14H,8-9H2,1-5H3,(H,27,28)/t14-/m1/s1. The molecule has 35 heavy (non-hydrogen) atoms. The van der Waals surface area contributed by atoms with Gasteiger partial charge in [-0.2, -0.15) is 18.3 Å². The van der Waals surface area contributed by atoms with Crippen molar-refractivity contribution in [1.82, 2.24) is 14.7 Å². The highest BCUT2D eigenvalue weighted by Crippen LogP contribution is 2.35. The summed E-state index contributed by atoms with van der Waals surface area (Å²) in [7, 11) is 7.31. The molecule has 0 saturated heterocycles. The van der Waals surface area contributed by atoms with Gasteiger partial charge in [-0.25, -0.2) is 4.68 Å². The van der Waals surface area contributed by atoms with Gasteiger partial charge in [-0.05, 0) is 50.8 Å². The number of alkyl halides is 3. The zero-order chi connectivity index (χ0) is 26.1. The summed E-state index contributed by atoms with van der Waals surface area (Å²) in [5.74, 6) is 0.275. The van der Waals surface area contributed by atoms with Crippen molar-refractivity contribution < 1.29 is 18.1 Å². The van der Waals surface area contributed by atoms with Crippen molar-refractivity contribution in [2.45, 2.75) is 19.1 Å². The fourth-order valence-electron chi connectivity index (χ4n) is 3.60. The van der Waals surface area contributed by atoms with Crippen LogP contribution in [0.2, 0.25) is 0 Å². The Morgan fingerprint density at radius 2 is 1.80 bits per heavy atom. The molecule has 3 rings (SSSR count). The van der Waals surface area contributed by atoms with E-state index in [-0.39, 0.29) is 16.9 Å². The molecule has 1 heterocycles. The Hall–Kier alpha value is -3.67. The van der Waals surface area contributed by atoms with Gasteiger partial charge in [0.1, 0.15) is 0 Å². The van der Waals surface area contributed by atoms with Gasteiger partial charge in [0.25, 0.3) is 11.2 Å². The minimum atomic E-state index is -4.74. The molecule has 1 atom stereocenters. The van der Waals surface area contributed by atoms with Crippen molar-refractivity contribution in [1.29, 1.82) is 0 Å². The summed E-state index contributed by atoms with van der Waals surface area (Å²) < 4.78 is 41.2. The molecule has 0 fully saturated rings. The number of nitro benzene ring substituents is 1. The maximum absolute atomic E-state index is 13.3. The molecule has 0 aliphatic heterocycles. The van der Waals surface area contributed by atoms with Crippen molar-refractivity contribution in [2.75, 3.05) is 44.4 Å². The van der Waals surface area contributed by atoms with Crippen LogP contribution in [-0.2, 0) is 13.2 Å². The van der Waals surface area contributed by atoms with E-state index >= 15 is 0 Å². The van der Waals surface area contributed by atoms with Gasteiger partial charge in [-0.1, -0.05) is 0 Å². The van der Waals surface area contributed by atoms with E-state index in [1.807, 2.05) is 37.0 Å². The Labute approximate surface area is 199 Å². The van der Waals surface area contributed by atoms with E-state index in [4.69, 9.17) is 0 Å². The van der Waals surface area contributed by atoms with E-state index in [2.05, 4.69) is 10.4 Å².